The topological polar surface area (TPSA) is 64.3 Å². The third-order valence-corrected chi connectivity index (χ3v) is 3.39. The highest BCUT2D eigenvalue weighted by Gasteiger charge is 2.35. The van der Waals surface area contributed by atoms with Crippen molar-refractivity contribution in [3.63, 3.8) is 0 Å². The molecule has 0 bridgehead atoms. The SMILES string of the molecule is CC1CCC(CN)(NC(=O)OC(C)(C)C)CC1. The summed E-state index contributed by atoms with van der Waals surface area (Å²) in [5, 5.41) is 2.97. The number of hydrogen-bond acceptors (Lipinski definition) is 3. The quantitative estimate of drug-likeness (QED) is 0.781. The van der Waals surface area contributed by atoms with Crippen LogP contribution in [0, 0.1) is 5.92 Å². The van der Waals surface area contributed by atoms with E-state index < -0.39 is 5.60 Å². The second kappa shape index (κ2) is 5.25. The zero-order valence-corrected chi connectivity index (χ0v) is 11.5. The van der Waals surface area contributed by atoms with Gasteiger partial charge in [-0.05, 0) is 52.4 Å². The van der Waals surface area contributed by atoms with Crippen LogP contribution in [-0.2, 0) is 4.74 Å². The molecule has 0 aromatic heterocycles. The monoisotopic (exact) mass is 242 g/mol. The van der Waals surface area contributed by atoms with Crippen LogP contribution in [0.4, 0.5) is 4.79 Å². The fourth-order valence-corrected chi connectivity index (χ4v) is 2.21. The van der Waals surface area contributed by atoms with Gasteiger partial charge in [0.2, 0.25) is 0 Å². The lowest BCUT2D eigenvalue weighted by molar-refractivity contribution is 0.0418. The molecule has 0 heterocycles. The molecule has 0 radical (unpaired) electrons. The lowest BCUT2D eigenvalue weighted by Gasteiger charge is -2.39. The van der Waals surface area contributed by atoms with Crippen LogP contribution in [0.5, 0.6) is 0 Å². The van der Waals surface area contributed by atoms with Gasteiger partial charge in [0.25, 0.3) is 0 Å². The van der Waals surface area contributed by atoms with E-state index in [1.807, 2.05) is 20.8 Å². The Morgan fingerprint density at radius 2 is 1.94 bits per heavy atom. The summed E-state index contributed by atoms with van der Waals surface area (Å²) in [6.45, 7) is 8.33. The minimum absolute atomic E-state index is 0.255. The Kier molecular flexibility index (Phi) is 4.42. The molecule has 100 valence electrons. The number of carbonyl (C=O) groups excluding carboxylic acids is 1. The van der Waals surface area contributed by atoms with Crippen LogP contribution in [0.3, 0.4) is 0 Å². The molecule has 17 heavy (non-hydrogen) atoms. The summed E-state index contributed by atoms with van der Waals surface area (Å²) < 4.78 is 5.29. The van der Waals surface area contributed by atoms with Gasteiger partial charge in [0.15, 0.2) is 0 Å². The second-order valence-corrected chi connectivity index (χ2v) is 6.29. The number of ether oxygens (including phenoxy) is 1. The Hall–Kier alpha value is -0.770. The first-order chi connectivity index (χ1) is 7.76. The van der Waals surface area contributed by atoms with E-state index in [0.29, 0.717) is 6.54 Å². The smallest absolute Gasteiger partial charge is 0.408 e. The van der Waals surface area contributed by atoms with Crippen molar-refractivity contribution in [3.05, 3.63) is 0 Å². The third-order valence-electron chi connectivity index (χ3n) is 3.39. The Morgan fingerprint density at radius 3 is 2.35 bits per heavy atom. The maximum Gasteiger partial charge on any atom is 0.408 e. The Balaban J connectivity index is 2.54. The van der Waals surface area contributed by atoms with Gasteiger partial charge < -0.3 is 15.8 Å². The van der Waals surface area contributed by atoms with E-state index >= 15 is 0 Å². The van der Waals surface area contributed by atoms with Gasteiger partial charge in [0.1, 0.15) is 5.60 Å². The fraction of sp³-hybridized carbons (Fsp3) is 0.923. The summed E-state index contributed by atoms with van der Waals surface area (Å²) in [7, 11) is 0. The van der Waals surface area contributed by atoms with E-state index in [1.54, 1.807) is 0 Å². The summed E-state index contributed by atoms with van der Waals surface area (Å²) in [6, 6.07) is 0. The molecule has 4 heteroatoms. The van der Waals surface area contributed by atoms with Gasteiger partial charge in [0.05, 0.1) is 5.54 Å². The Labute approximate surface area is 104 Å². The molecule has 0 spiro atoms. The molecule has 0 aliphatic heterocycles. The molecular formula is C13H26N2O2. The van der Waals surface area contributed by atoms with Crippen molar-refractivity contribution in [2.75, 3.05) is 6.54 Å². The highest BCUT2D eigenvalue weighted by Crippen LogP contribution is 2.31. The summed E-state index contributed by atoms with van der Waals surface area (Å²) in [5.41, 5.74) is 5.11. The normalized spacial score (nSPS) is 29.8. The molecular weight excluding hydrogens is 216 g/mol. The van der Waals surface area contributed by atoms with Gasteiger partial charge in [-0.3, -0.25) is 0 Å². The van der Waals surface area contributed by atoms with E-state index in [2.05, 4.69) is 12.2 Å². The number of amides is 1. The molecule has 1 amide bonds. The van der Waals surface area contributed by atoms with Crippen molar-refractivity contribution >= 4 is 6.09 Å². The Morgan fingerprint density at radius 1 is 1.41 bits per heavy atom. The van der Waals surface area contributed by atoms with Crippen molar-refractivity contribution < 1.29 is 9.53 Å². The largest absolute Gasteiger partial charge is 0.444 e. The minimum Gasteiger partial charge on any atom is -0.444 e. The van der Waals surface area contributed by atoms with Crippen molar-refractivity contribution in [2.45, 2.75) is 64.5 Å². The highest BCUT2D eigenvalue weighted by atomic mass is 16.6. The standard InChI is InChI=1S/C13H26N2O2/c1-10-5-7-13(9-14,8-6-10)15-11(16)17-12(2,3)4/h10H,5-9,14H2,1-4H3,(H,15,16). The van der Waals surface area contributed by atoms with Gasteiger partial charge in [-0.2, -0.15) is 0 Å². The van der Waals surface area contributed by atoms with Crippen molar-refractivity contribution in [1.29, 1.82) is 0 Å². The predicted molar refractivity (Wildman–Crippen MR) is 68.8 cm³/mol. The van der Waals surface area contributed by atoms with E-state index in [4.69, 9.17) is 10.5 Å². The summed E-state index contributed by atoms with van der Waals surface area (Å²) in [6.07, 6.45) is 3.78. The van der Waals surface area contributed by atoms with Gasteiger partial charge in [0, 0.05) is 6.54 Å². The maximum absolute atomic E-state index is 11.8. The van der Waals surface area contributed by atoms with Crippen molar-refractivity contribution in [1.82, 2.24) is 5.32 Å². The average molecular weight is 242 g/mol. The van der Waals surface area contributed by atoms with E-state index in [1.165, 1.54) is 0 Å². The van der Waals surface area contributed by atoms with Crippen LogP contribution in [0.25, 0.3) is 0 Å². The number of hydrogen-bond donors (Lipinski definition) is 2. The molecule has 3 N–H and O–H groups in total. The highest BCUT2D eigenvalue weighted by molar-refractivity contribution is 5.68. The molecule has 1 fully saturated rings. The molecule has 0 unspecified atom stereocenters. The molecule has 0 atom stereocenters. The third kappa shape index (κ3) is 4.54. The lowest BCUT2D eigenvalue weighted by Crippen LogP contribution is -2.56. The lowest BCUT2D eigenvalue weighted by atomic mass is 9.77. The number of rotatable bonds is 2. The van der Waals surface area contributed by atoms with Gasteiger partial charge in [-0.1, -0.05) is 6.92 Å². The van der Waals surface area contributed by atoms with Crippen molar-refractivity contribution in [3.8, 4) is 0 Å². The molecule has 0 aromatic carbocycles. The minimum atomic E-state index is -0.457. The summed E-state index contributed by atoms with van der Waals surface area (Å²) in [5.74, 6) is 0.732. The van der Waals surface area contributed by atoms with Gasteiger partial charge in [-0.25, -0.2) is 4.79 Å². The van der Waals surface area contributed by atoms with Gasteiger partial charge in [-0.15, -0.1) is 0 Å². The van der Waals surface area contributed by atoms with Crippen LogP contribution in [-0.4, -0.2) is 23.8 Å². The van der Waals surface area contributed by atoms with Crippen molar-refractivity contribution in [2.24, 2.45) is 11.7 Å². The average Bonchev–Trinajstić information content (AvgIpc) is 2.19. The molecule has 1 saturated carbocycles. The van der Waals surface area contributed by atoms with Crippen LogP contribution in [0.2, 0.25) is 0 Å². The molecule has 0 aromatic rings. The van der Waals surface area contributed by atoms with E-state index in [-0.39, 0.29) is 11.6 Å². The Bertz CT molecular complexity index is 263. The maximum atomic E-state index is 11.8. The molecule has 1 rings (SSSR count). The second-order valence-electron chi connectivity index (χ2n) is 6.29. The molecule has 1 aliphatic rings. The first kappa shape index (κ1) is 14.3. The van der Waals surface area contributed by atoms with E-state index in [9.17, 15) is 4.79 Å². The van der Waals surface area contributed by atoms with Gasteiger partial charge >= 0.3 is 6.09 Å². The van der Waals surface area contributed by atoms with Crippen LogP contribution in [0.1, 0.15) is 53.4 Å². The van der Waals surface area contributed by atoms with Crippen LogP contribution in [0.15, 0.2) is 0 Å². The van der Waals surface area contributed by atoms with Crippen LogP contribution >= 0.6 is 0 Å². The van der Waals surface area contributed by atoms with Crippen LogP contribution < -0.4 is 11.1 Å². The number of nitrogens with one attached hydrogen (secondary N) is 1. The van der Waals surface area contributed by atoms with E-state index in [0.717, 1.165) is 31.6 Å². The molecule has 4 nitrogen and oxygen atoms in total. The zero-order valence-electron chi connectivity index (χ0n) is 11.5. The number of alkyl carbamates (subject to hydrolysis) is 1. The molecule has 1 aliphatic carbocycles. The first-order valence-electron chi connectivity index (χ1n) is 6.48. The summed E-state index contributed by atoms with van der Waals surface area (Å²) in [4.78, 5) is 11.8. The predicted octanol–water partition coefficient (Wildman–Crippen LogP) is 2.42. The fourth-order valence-electron chi connectivity index (χ4n) is 2.21. The summed E-state index contributed by atoms with van der Waals surface area (Å²) >= 11 is 0. The number of carbonyl (C=O) groups is 1. The molecule has 0 saturated heterocycles. The number of nitrogens with two attached hydrogens (primary N) is 1. The zero-order chi connectivity index (χ0) is 13.1. The first-order valence-corrected chi connectivity index (χ1v) is 6.48.